The van der Waals surface area contributed by atoms with Crippen molar-refractivity contribution in [2.24, 2.45) is 0 Å². The summed E-state index contributed by atoms with van der Waals surface area (Å²) >= 11 is 0. The SMILES string of the molecule is C/C=C/C=C/C(=O)[O-].O=C([O-])c1ccccc1. The van der Waals surface area contributed by atoms with Crippen molar-refractivity contribution in [1.82, 2.24) is 0 Å². The van der Waals surface area contributed by atoms with Crippen molar-refractivity contribution in [3.8, 4) is 0 Å². The van der Waals surface area contributed by atoms with Gasteiger partial charge in [0.05, 0.1) is 11.9 Å². The van der Waals surface area contributed by atoms with E-state index in [1.165, 1.54) is 18.2 Å². The number of rotatable bonds is 3. The van der Waals surface area contributed by atoms with Crippen LogP contribution in [0.15, 0.2) is 54.6 Å². The zero-order valence-electron chi connectivity index (χ0n) is 9.33. The Hall–Kier alpha value is -2.36. The first-order chi connectivity index (χ1) is 8.07. The number of carbonyl (C=O) groups excluding carboxylic acids is 2. The third-order valence-electron chi connectivity index (χ3n) is 1.55. The van der Waals surface area contributed by atoms with Crippen LogP contribution in [0, 0.1) is 0 Å². The molecule has 0 N–H and O–H groups in total. The Labute approximate surface area is 99.5 Å². The molecule has 0 saturated heterocycles. The van der Waals surface area contributed by atoms with Crippen LogP contribution in [0.4, 0.5) is 0 Å². The summed E-state index contributed by atoms with van der Waals surface area (Å²) in [6.07, 6.45) is 5.74. The van der Waals surface area contributed by atoms with Gasteiger partial charge in [-0.25, -0.2) is 0 Å². The summed E-state index contributed by atoms with van der Waals surface area (Å²) in [5, 5.41) is 19.7. The summed E-state index contributed by atoms with van der Waals surface area (Å²) in [5.74, 6) is -2.29. The number of carboxylic acid groups (broad SMARTS) is 2. The van der Waals surface area contributed by atoms with Crippen molar-refractivity contribution < 1.29 is 19.8 Å². The topological polar surface area (TPSA) is 80.3 Å². The summed E-state index contributed by atoms with van der Waals surface area (Å²) in [4.78, 5) is 19.7. The molecule has 4 heteroatoms. The van der Waals surface area contributed by atoms with Gasteiger partial charge < -0.3 is 19.8 Å². The Morgan fingerprint density at radius 2 is 1.65 bits per heavy atom. The lowest BCUT2D eigenvalue weighted by Crippen LogP contribution is -2.21. The van der Waals surface area contributed by atoms with E-state index in [1.807, 2.05) is 0 Å². The number of carbonyl (C=O) groups is 2. The molecule has 0 aliphatic heterocycles. The van der Waals surface area contributed by atoms with Crippen molar-refractivity contribution in [3.63, 3.8) is 0 Å². The first-order valence-electron chi connectivity index (χ1n) is 4.84. The summed E-state index contributed by atoms with van der Waals surface area (Å²) in [6.45, 7) is 1.81. The van der Waals surface area contributed by atoms with Crippen LogP contribution >= 0.6 is 0 Å². The zero-order chi connectivity index (χ0) is 13.1. The second kappa shape index (κ2) is 8.91. The molecule has 0 fully saturated rings. The van der Waals surface area contributed by atoms with Gasteiger partial charge in [-0.1, -0.05) is 48.6 Å². The van der Waals surface area contributed by atoms with E-state index in [4.69, 9.17) is 0 Å². The van der Waals surface area contributed by atoms with Crippen molar-refractivity contribution in [2.75, 3.05) is 0 Å². The monoisotopic (exact) mass is 232 g/mol. The van der Waals surface area contributed by atoms with Gasteiger partial charge in [0.25, 0.3) is 0 Å². The molecular formula is C13H12O4-2. The van der Waals surface area contributed by atoms with Gasteiger partial charge in [0.2, 0.25) is 0 Å². The van der Waals surface area contributed by atoms with E-state index in [-0.39, 0.29) is 5.56 Å². The molecule has 17 heavy (non-hydrogen) atoms. The van der Waals surface area contributed by atoms with Crippen LogP contribution in [0.3, 0.4) is 0 Å². The van der Waals surface area contributed by atoms with Crippen LogP contribution in [-0.4, -0.2) is 11.9 Å². The van der Waals surface area contributed by atoms with Crippen LogP contribution in [0.5, 0.6) is 0 Å². The Kier molecular flexibility index (Phi) is 7.67. The van der Waals surface area contributed by atoms with Crippen LogP contribution < -0.4 is 10.2 Å². The average molecular weight is 232 g/mol. The van der Waals surface area contributed by atoms with Gasteiger partial charge in [0.1, 0.15) is 0 Å². The quantitative estimate of drug-likeness (QED) is 0.539. The van der Waals surface area contributed by atoms with Crippen molar-refractivity contribution in [1.29, 1.82) is 0 Å². The third kappa shape index (κ3) is 8.62. The Balaban J connectivity index is 0.000000304. The molecule has 0 aliphatic carbocycles. The average Bonchev–Trinajstić information content (AvgIpc) is 2.31. The molecule has 0 aromatic heterocycles. The fourth-order valence-electron chi connectivity index (χ4n) is 0.819. The van der Waals surface area contributed by atoms with Crippen LogP contribution in [0.25, 0.3) is 0 Å². The standard InChI is InChI=1S/C7H6O2.C6H8O2/c8-7(9)6-4-2-1-3-5-6;1-2-3-4-5-6(7)8/h1-5H,(H,8,9);2-5H,1H3,(H,7,8)/p-2/b;3-2+,5-4+. The molecule has 0 saturated carbocycles. The number of aromatic carboxylic acids is 1. The second-order valence-electron chi connectivity index (χ2n) is 2.86. The molecule has 90 valence electrons. The normalized spacial score (nSPS) is 9.94. The van der Waals surface area contributed by atoms with Gasteiger partial charge in [-0.15, -0.1) is 0 Å². The minimum atomic E-state index is -1.16. The number of carboxylic acids is 2. The minimum absolute atomic E-state index is 0.220. The molecule has 0 unspecified atom stereocenters. The summed E-state index contributed by atoms with van der Waals surface area (Å²) in [6, 6.07) is 8.06. The van der Waals surface area contributed by atoms with Crippen molar-refractivity contribution in [2.45, 2.75) is 6.92 Å². The fourth-order valence-corrected chi connectivity index (χ4v) is 0.819. The first-order valence-corrected chi connectivity index (χ1v) is 4.84. The Morgan fingerprint density at radius 3 is 2.00 bits per heavy atom. The highest BCUT2D eigenvalue weighted by Crippen LogP contribution is 1.94. The van der Waals surface area contributed by atoms with Crippen molar-refractivity contribution in [3.05, 3.63) is 60.2 Å². The largest absolute Gasteiger partial charge is 0.545 e. The molecule has 0 atom stereocenters. The summed E-state index contributed by atoms with van der Waals surface area (Å²) in [7, 11) is 0. The highest BCUT2D eigenvalue weighted by molar-refractivity contribution is 5.85. The lowest BCUT2D eigenvalue weighted by atomic mass is 10.2. The van der Waals surface area contributed by atoms with Gasteiger partial charge >= 0.3 is 0 Å². The fraction of sp³-hybridized carbons (Fsp3) is 0.0769. The first kappa shape index (κ1) is 14.6. The van der Waals surface area contributed by atoms with E-state index >= 15 is 0 Å². The van der Waals surface area contributed by atoms with E-state index in [1.54, 1.807) is 37.3 Å². The number of allylic oxidation sites excluding steroid dienone is 3. The molecule has 0 bridgehead atoms. The van der Waals surface area contributed by atoms with Crippen molar-refractivity contribution >= 4 is 11.9 Å². The van der Waals surface area contributed by atoms with E-state index in [0.717, 1.165) is 6.08 Å². The van der Waals surface area contributed by atoms with E-state index in [0.29, 0.717) is 0 Å². The lowest BCUT2D eigenvalue weighted by molar-refractivity contribution is -0.297. The maximum atomic E-state index is 10.1. The predicted molar refractivity (Wildman–Crippen MR) is 59.7 cm³/mol. The molecule has 1 aromatic rings. The molecule has 1 aromatic carbocycles. The molecule has 0 amide bonds. The number of hydrogen-bond acceptors (Lipinski definition) is 4. The van der Waals surface area contributed by atoms with Gasteiger partial charge in [0, 0.05) is 0 Å². The smallest absolute Gasteiger partial charge is 0.0715 e. The van der Waals surface area contributed by atoms with Gasteiger partial charge in [-0.05, 0) is 18.6 Å². The lowest BCUT2D eigenvalue weighted by Gasteiger charge is -1.97. The maximum Gasteiger partial charge on any atom is 0.0715 e. The summed E-state index contributed by atoms with van der Waals surface area (Å²) < 4.78 is 0. The van der Waals surface area contributed by atoms with Gasteiger partial charge in [-0.3, -0.25) is 0 Å². The number of benzene rings is 1. The Morgan fingerprint density at radius 1 is 1.06 bits per heavy atom. The molecule has 0 radical (unpaired) electrons. The maximum absolute atomic E-state index is 10.1. The molecule has 0 spiro atoms. The minimum Gasteiger partial charge on any atom is -0.545 e. The molecular weight excluding hydrogens is 220 g/mol. The number of hydrogen-bond donors (Lipinski definition) is 0. The van der Waals surface area contributed by atoms with Gasteiger partial charge in [-0.2, -0.15) is 0 Å². The molecule has 4 nitrogen and oxygen atoms in total. The zero-order valence-corrected chi connectivity index (χ0v) is 9.33. The second-order valence-corrected chi connectivity index (χ2v) is 2.86. The van der Waals surface area contributed by atoms with Crippen LogP contribution in [-0.2, 0) is 4.79 Å². The molecule has 0 heterocycles. The Bertz CT molecular complexity index is 405. The highest BCUT2D eigenvalue weighted by Gasteiger charge is 1.85. The number of aliphatic carboxylic acids is 1. The predicted octanol–water partition coefficient (Wildman–Crippen LogP) is -0.0813. The van der Waals surface area contributed by atoms with Crippen LogP contribution in [0.1, 0.15) is 17.3 Å². The summed E-state index contributed by atoms with van der Waals surface area (Å²) in [5.41, 5.74) is 0.220. The molecule has 0 aliphatic rings. The van der Waals surface area contributed by atoms with Crippen LogP contribution in [0.2, 0.25) is 0 Å². The third-order valence-corrected chi connectivity index (χ3v) is 1.55. The van der Waals surface area contributed by atoms with E-state index in [2.05, 4.69) is 0 Å². The molecule has 1 rings (SSSR count). The van der Waals surface area contributed by atoms with E-state index < -0.39 is 11.9 Å². The van der Waals surface area contributed by atoms with Gasteiger partial charge in [0.15, 0.2) is 0 Å². The highest BCUT2D eigenvalue weighted by atomic mass is 16.4. The van der Waals surface area contributed by atoms with E-state index in [9.17, 15) is 19.8 Å².